The third-order valence-corrected chi connectivity index (χ3v) is 4.94. The fraction of sp³-hybridized carbons (Fsp3) is 0.353. The molecule has 1 aliphatic heterocycles. The van der Waals surface area contributed by atoms with Crippen LogP contribution >= 0.6 is 23.2 Å². The van der Waals surface area contributed by atoms with Crippen LogP contribution in [-0.4, -0.2) is 45.1 Å². The Bertz CT molecular complexity index is 747. The molecule has 0 spiro atoms. The van der Waals surface area contributed by atoms with Crippen molar-refractivity contribution in [2.45, 2.75) is 25.4 Å². The molecule has 0 radical (unpaired) electrons. The van der Waals surface area contributed by atoms with E-state index in [2.05, 4.69) is 20.2 Å². The first-order valence-corrected chi connectivity index (χ1v) is 8.75. The highest BCUT2D eigenvalue weighted by atomic mass is 35.5. The Labute approximate surface area is 155 Å². The minimum Gasteiger partial charge on any atom is -0.476 e. The van der Waals surface area contributed by atoms with Crippen molar-refractivity contribution >= 4 is 35.0 Å². The second-order valence-corrected chi connectivity index (χ2v) is 6.85. The van der Waals surface area contributed by atoms with Crippen LogP contribution in [0, 0.1) is 0 Å². The molecule has 1 fully saturated rings. The number of benzene rings is 1. The third kappa shape index (κ3) is 4.81. The molecule has 0 bridgehead atoms. The molecule has 1 aromatic heterocycles. The van der Waals surface area contributed by atoms with Gasteiger partial charge in [0.05, 0.1) is 22.4 Å². The van der Waals surface area contributed by atoms with Crippen LogP contribution in [0.15, 0.2) is 30.6 Å². The molecule has 2 N–H and O–H groups in total. The van der Waals surface area contributed by atoms with Gasteiger partial charge in [-0.2, -0.15) is 0 Å². The molecule has 132 valence electrons. The lowest BCUT2D eigenvalue weighted by molar-refractivity contribution is 0.0690. The second kappa shape index (κ2) is 7.99. The van der Waals surface area contributed by atoms with Gasteiger partial charge in [-0.3, -0.25) is 4.90 Å². The minimum atomic E-state index is -1.07. The highest BCUT2D eigenvalue weighted by Crippen LogP contribution is 2.24. The SMILES string of the molecule is O=C(O)c1cnc(NC2CCN(Cc3ccc(Cl)c(Cl)c3)CC2)cn1. The van der Waals surface area contributed by atoms with Gasteiger partial charge in [0.25, 0.3) is 0 Å². The lowest BCUT2D eigenvalue weighted by Crippen LogP contribution is -2.38. The third-order valence-electron chi connectivity index (χ3n) is 4.20. The molecule has 6 nitrogen and oxygen atoms in total. The number of nitrogens with zero attached hydrogens (tertiary/aromatic N) is 3. The van der Waals surface area contributed by atoms with E-state index in [4.69, 9.17) is 28.3 Å². The normalized spacial score (nSPS) is 15.9. The number of carboxylic acids is 1. The Morgan fingerprint density at radius 2 is 1.96 bits per heavy atom. The summed E-state index contributed by atoms with van der Waals surface area (Å²) in [5.74, 6) is -0.470. The fourth-order valence-electron chi connectivity index (χ4n) is 2.85. The highest BCUT2D eigenvalue weighted by Gasteiger charge is 2.20. The molecule has 1 saturated heterocycles. The summed E-state index contributed by atoms with van der Waals surface area (Å²) in [6, 6.07) is 6.04. The first-order chi connectivity index (χ1) is 12.0. The van der Waals surface area contributed by atoms with Gasteiger partial charge >= 0.3 is 5.97 Å². The molecule has 0 saturated carbocycles. The molecule has 0 unspecified atom stereocenters. The molecular formula is C17H18Cl2N4O2. The molecule has 0 amide bonds. The van der Waals surface area contributed by atoms with Crippen LogP contribution in [0.2, 0.25) is 10.0 Å². The van der Waals surface area contributed by atoms with Crippen LogP contribution in [0.25, 0.3) is 0 Å². The molecule has 3 rings (SSSR count). The van der Waals surface area contributed by atoms with E-state index < -0.39 is 5.97 Å². The molecular weight excluding hydrogens is 363 g/mol. The van der Waals surface area contributed by atoms with Crippen LogP contribution in [-0.2, 0) is 6.54 Å². The first-order valence-electron chi connectivity index (χ1n) is 7.99. The van der Waals surface area contributed by atoms with Gasteiger partial charge in [0.1, 0.15) is 5.82 Å². The maximum Gasteiger partial charge on any atom is 0.356 e. The Morgan fingerprint density at radius 3 is 2.56 bits per heavy atom. The number of nitrogens with one attached hydrogen (secondary N) is 1. The number of halogens is 2. The molecule has 1 aromatic carbocycles. The van der Waals surface area contributed by atoms with Crippen LogP contribution < -0.4 is 5.32 Å². The number of rotatable bonds is 5. The van der Waals surface area contributed by atoms with Gasteiger partial charge in [-0.1, -0.05) is 29.3 Å². The summed E-state index contributed by atoms with van der Waals surface area (Å²) >= 11 is 12.0. The van der Waals surface area contributed by atoms with E-state index in [0.717, 1.165) is 38.0 Å². The Hall–Kier alpha value is -1.89. The van der Waals surface area contributed by atoms with Gasteiger partial charge in [0.15, 0.2) is 5.69 Å². The molecule has 0 aliphatic carbocycles. The van der Waals surface area contributed by atoms with Crippen LogP contribution in [0.1, 0.15) is 28.9 Å². The smallest absolute Gasteiger partial charge is 0.356 e. The van der Waals surface area contributed by atoms with E-state index in [1.54, 1.807) is 0 Å². The van der Waals surface area contributed by atoms with E-state index in [-0.39, 0.29) is 5.69 Å². The van der Waals surface area contributed by atoms with Gasteiger partial charge in [0, 0.05) is 25.7 Å². The highest BCUT2D eigenvalue weighted by molar-refractivity contribution is 6.42. The number of likely N-dealkylation sites (tertiary alicyclic amines) is 1. The Morgan fingerprint density at radius 1 is 1.20 bits per heavy atom. The number of aromatic nitrogens is 2. The standard InChI is InChI=1S/C17H18Cl2N4O2/c18-13-2-1-11(7-14(13)19)10-23-5-3-12(4-6-23)22-16-9-20-15(8-21-16)17(24)25/h1-2,7-9,12H,3-6,10H2,(H,21,22)(H,24,25). The minimum absolute atomic E-state index is 0.0537. The van der Waals surface area contributed by atoms with Crippen molar-refractivity contribution in [3.63, 3.8) is 0 Å². The molecule has 8 heteroatoms. The maximum absolute atomic E-state index is 10.8. The predicted molar refractivity (Wildman–Crippen MR) is 97.4 cm³/mol. The van der Waals surface area contributed by atoms with E-state index in [9.17, 15) is 4.79 Å². The lowest BCUT2D eigenvalue weighted by atomic mass is 10.0. The van der Waals surface area contributed by atoms with E-state index in [1.807, 2.05) is 18.2 Å². The summed E-state index contributed by atoms with van der Waals surface area (Å²) in [4.78, 5) is 21.1. The number of anilines is 1. The monoisotopic (exact) mass is 380 g/mol. The first kappa shape index (κ1) is 17.9. The van der Waals surface area contributed by atoms with Crippen LogP contribution in [0.3, 0.4) is 0 Å². The van der Waals surface area contributed by atoms with E-state index >= 15 is 0 Å². The average Bonchev–Trinajstić information content (AvgIpc) is 2.60. The molecule has 2 heterocycles. The average molecular weight is 381 g/mol. The summed E-state index contributed by atoms with van der Waals surface area (Å²) < 4.78 is 0. The van der Waals surface area contributed by atoms with E-state index in [0.29, 0.717) is 21.9 Å². The van der Waals surface area contributed by atoms with Crippen molar-refractivity contribution in [2.75, 3.05) is 18.4 Å². The van der Waals surface area contributed by atoms with Crippen molar-refractivity contribution in [1.29, 1.82) is 0 Å². The van der Waals surface area contributed by atoms with Gasteiger partial charge in [-0.25, -0.2) is 14.8 Å². The molecule has 0 atom stereocenters. The second-order valence-electron chi connectivity index (χ2n) is 6.04. The topological polar surface area (TPSA) is 78.3 Å². The molecule has 25 heavy (non-hydrogen) atoms. The van der Waals surface area contributed by atoms with Crippen LogP contribution in [0.4, 0.5) is 5.82 Å². The Balaban J connectivity index is 1.49. The van der Waals surface area contributed by atoms with Crippen molar-refractivity contribution in [3.05, 3.63) is 51.9 Å². The molecule has 1 aliphatic rings. The number of carboxylic acid groups (broad SMARTS) is 1. The quantitative estimate of drug-likeness (QED) is 0.825. The van der Waals surface area contributed by atoms with Crippen molar-refractivity contribution in [1.82, 2.24) is 14.9 Å². The predicted octanol–water partition coefficient (Wildman–Crippen LogP) is 3.56. The van der Waals surface area contributed by atoms with Gasteiger partial charge in [-0.15, -0.1) is 0 Å². The molecule has 2 aromatic rings. The van der Waals surface area contributed by atoms with Crippen LogP contribution in [0.5, 0.6) is 0 Å². The zero-order valence-corrected chi connectivity index (χ0v) is 15.0. The van der Waals surface area contributed by atoms with Gasteiger partial charge in [0.2, 0.25) is 0 Å². The summed E-state index contributed by atoms with van der Waals surface area (Å²) in [7, 11) is 0. The zero-order valence-electron chi connectivity index (χ0n) is 13.5. The zero-order chi connectivity index (χ0) is 17.8. The number of piperidine rings is 1. The summed E-state index contributed by atoms with van der Waals surface area (Å²) in [5, 5.41) is 13.3. The van der Waals surface area contributed by atoms with Crippen molar-refractivity contribution in [3.8, 4) is 0 Å². The van der Waals surface area contributed by atoms with Crippen molar-refractivity contribution < 1.29 is 9.90 Å². The number of hydrogen-bond donors (Lipinski definition) is 2. The summed E-state index contributed by atoms with van der Waals surface area (Å²) in [5.41, 5.74) is 1.10. The van der Waals surface area contributed by atoms with Gasteiger partial charge < -0.3 is 10.4 Å². The fourth-order valence-corrected chi connectivity index (χ4v) is 3.17. The lowest BCUT2D eigenvalue weighted by Gasteiger charge is -2.32. The maximum atomic E-state index is 10.8. The number of aromatic carboxylic acids is 1. The summed E-state index contributed by atoms with van der Waals surface area (Å²) in [6.45, 7) is 2.76. The summed E-state index contributed by atoms with van der Waals surface area (Å²) in [6.07, 6.45) is 4.68. The Kier molecular flexibility index (Phi) is 5.73. The number of hydrogen-bond acceptors (Lipinski definition) is 5. The van der Waals surface area contributed by atoms with Crippen molar-refractivity contribution in [2.24, 2.45) is 0 Å². The van der Waals surface area contributed by atoms with E-state index in [1.165, 1.54) is 12.4 Å². The van der Waals surface area contributed by atoms with Gasteiger partial charge in [-0.05, 0) is 30.5 Å². The largest absolute Gasteiger partial charge is 0.476 e. The number of carbonyl (C=O) groups is 1.